The largest absolute Gasteiger partial charge is 0.467 e. The van der Waals surface area contributed by atoms with Crippen LogP contribution >= 0.6 is 0 Å². The van der Waals surface area contributed by atoms with Gasteiger partial charge in [0.15, 0.2) is 0 Å². The average Bonchev–Trinajstić information content (AvgIpc) is 3.23. The van der Waals surface area contributed by atoms with E-state index in [1.165, 1.54) is 0 Å². The molecular weight excluding hydrogens is 322 g/mol. The summed E-state index contributed by atoms with van der Waals surface area (Å²) in [5.74, 6) is 1.21. The van der Waals surface area contributed by atoms with Crippen LogP contribution in [0.25, 0.3) is 0 Å². The van der Waals surface area contributed by atoms with Crippen molar-refractivity contribution in [2.75, 3.05) is 39.9 Å². The number of piperidine rings is 1. The highest BCUT2D eigenvalue weighted by molar-refractivity contribution is 5.74. The molecule has 25 heavy (non-hydrogen) atoms. The molecular formula is C18H27N3O4. The summed E-state index contributed by atoms with van der Waals surface area (Å²) in [6.45, 7) is 5.63. The molecule has 138 valence electrons. The minimum Gasteiger partial charge on any atom is -0.467 e. The molecule has 0 bridgehead atoms. The van der Waals surface area contributed by atoms with Crippen LogP contribution < -0.4 is 5.32 Å². The average molecular weight is 349 g/mol. The van der Waals surface area contributed by atoms with Gasteiger partial charge < -0.3 is 24.3 Å². The standard InChI is InChI=1S/C18H27N3O4/c1-14(22)21-11-15(12-24-2)18(13-21)5-7-20(8-6-18)17(23)19-10-16-4-3-9-25-16/h3-4,9,15H,5-8,10-13H2,1-2H3,(H,19,23). The van der Waals surface area contributed by atoms with E-state index in [1.807, 2.05) is 21.9 Å². The summed E-state index contributed by atoms with van der Waals surface area (Å²) in [5, 5.41) is 2.90. The fourth-order valence-electron chi connectivity index (χ4n) is 4.11. The van der Waals surface area contributed by atoms with Crippen molar-refractivity contribution in [1.82, 2.24) is 15.1 Å². The van der Waals surface area contributed by atoms with Crippen molar-refractivity contribution in [2.45, 2.75) is 26.3 Å². The highest BCUT2D eigenvalue weighted by Gasteiger charge is 2.49. The van der Waals surface area contributed by atoms with Gasteiger partial charge in [0.1, 0.15) is 5.76 Å². The quantitative estimate of drug-likeness (QED) is 0.898. The van der Waals surface area contributed by atoms with Crippen LogP contribution in [0.5, 0.6) is 0 Å². The number of methoxy groups -OCH3 is 1. The molecule has 0 saturated carbocycles. The first-order chi connectivity index (χ1) is 12.0. The number of carbonyl (C=O) groups is 2. The second-order valence-electron chi connectivity index (χ2n) is 7.14. The normalized spacial score (nSPS) is 22.4. The van der Waals surface area contributed by atoms with Crippen LogP contribution in [0.3, 0.4) is 0 Å². The number of hydrogen-bond donors (Lipinski definition) is 1. The molecule has 1 spiro atoms. The van der Waals surface area contributed by atoms with Crippen molar-refractivity contribution in [3.05, 3.63) is 24.2 Å². The highest BCUT2D eigenvalue weighted by Crippen LogP contribution is 2.44. The predicted molar refractivity (Wildman–Crippen MR) is 91.8 cm³/mol. The minimum atomic E-state index is -0.0593. The van der Waals surface area contributed by atoms with Gasteiger partial charge in [-0.2, -0.15) is 0 Å². The summed E-state index contributed by atoms with van der Waals surface area (Å²) in [4.78, 5) is 27.9. The molecule has 7 nitrogen and oxygen atoms in total. The van der Waals surface area contributed by atoms with E-state index in [-0.39, 0.29) is 17.4 Å². The molecule has 2 saturated heterocycles. The molecule has 1 N–H and O–H groups in total. The van der Waals surface area contributed by atoms with Gasteiger partial charge in [-0.1, -0.05) is 0 Å². The maximum Gasteiger partial charge on any atom is 0.317 e. The molecule has 1 atom stereocenters. The Kier molecular flexibility index (Phi) is 5.32. The molecule has 0 aromatic carbocycles. The highest BCUT2D eigenvalue weighted by atomic mass is 16.5. The van der Waals surface area contributed by atoms with E-state index in [0.29, 0.717) is 32.2 Å². The van der Waals surface area contributed by atoms with E-state index < -0.39 is 0 Å². The number of rotatable bonds is 4. The lowest BCUT2D eigenvalue weighted by molar-refractivity contribution is -0.128. The van der Waals surface area contributed by atoms with Crippen molar-refractivity contribution in [3.8, 4) is 0 Å². The Hall–Kier alpha value is -2.02. The van der Waals surface area contributed by atoms with E-state index in [4.69, 9.17) is 9.15 Å². The summed E-state index contributed by atoms with van der Waals surface area (Å²) in [7, 11) is 1.71. The molecule has 0 aliphatic carbocycles. The lowest BCUT2D eigenvalue weighted by atomic mass is 9.71. The Morgan fingerprint density at radius 3 is 2.72 bits per heavy atom. The van der Waals surface area contributed by atoms with E-state index in [0.717, 1.165) is 31.7 Å². The van der Waals surface area contributed by atoms with Crippen LogP contribution in [0, 0.1) is 11.3 Å². The first kappa shape index (κ1) is 17.8. The van der Waals surface area contributed by atoms with E-state index in [9.17, 15) is 9.59 Å². The Morgan fingerprint density at radius 1 is 1.36 bits per heavy atom. The van der Waals surface area contributed by atoms with Crippen LogP contribution in [0.2, 0.25) is 0 Å². The summed E-state index contributed by atoms with van der Waals surface area (Å²) >= 11 is 0. The summed E-state index contributed by atoms with van der Waals surface area (Å²) in [6, 6.07) is 3.59. The number of ether oxygens (including phenoxy) is 1. The lowest BCUT2D eigenvalue weighted by Crippen LogP contribution is -2.50. The number of furan rings is 1. The van der Waals surface area contributed by atoms with Gasteiger partial charge >= 0.3 is 6.03 Å². The third kappa shape index (κ3) is 3.81. The van der Waals surface area contributed by atoms with Crippen molar-refractivity contribution in [2.24, 2.45) is 11.3 Å². The number of urea groups is 1. The summed E-state index contributed by atoms with van der Waals surface area (Å²) in [6.07, 6.45) is 3.40. The molecule has 3 heterocycles. The van der Waals surface area contributed by atoms with Crippen LogP contribution in [-0.4, -0.2) is 61.6 Å². The van der Waals surface area contributed by atoms with E-state index in [2.05, 4.69) is 5.32 Å². The minimum absolute atomic E-state index is 0.0593. The number of amides is 3. The zero-order chi connectivity index (χ0) is 17.9. The molecule has 3 rings (SSSR count). The Labute approximate surface area is 148 Å². The Morgan fingerprint density at radius 2 is 2.12 bits per heavy atom. The second kappa shape index (κ2) is 7.47. The van der Waals surface area contributed by atoms with Gasteiger partial charge in [0, 0.05) is 46.1 Å². The van der Waals surface area contributed by atoms with Crippen LogP contribution in [-0.2, 0) is 16.1 Å². The van der Waals surface area contributed by atoms with Crippen molar-refractivity contribution in [1.29, 1.82) is 0 Å². The van der Waals surface area contributed by atoms with Crippen LogP contribution in [0.15, 0.2) is 22.8 Å². The smallest absolute Gasteiger partial charge is 0.317 e. The molecule has 1 aromatic heterocycles. The van der Waals surface area contributed by atoms with Gasteiger partial charge in [-0.15, -0.1) is 0 Å². The fourth-order valence-corrected chi connectivity index (χ4v) is 4.11. The number of likely N-dealkylation sites (tertiary alicyclic amines) is 2. The maximum atomic E-state index is 12.4. The Bertz CT molecular complexity index is 593. The summed E-state index contributed by atoms with van der Waals surface area (Å²) < 4.78 is 10.6. The zero-order valence-electron chi connectivity index (χ0n) is 15.0. The van der Waals surface area contributed by atoms with Gasteiger partial charge in [0.25, 0.3) is 0 Å². The zero-order valence-corrected chi connectivity index (χ0v) is 15.0. The molecule has 2 aliphatic rings. The van der Waals surface area contributed by atoms with E-state index in [1.54, 1.807) is 20.3 Å². The van der Waals surface area contributed by atoms with Gasteiger partial charge in [0.2, 0.25) is 5.91 Å². The lowest BCUT2D eigenvalue weighted by Gasteiger charge is -2.42. The SMILES string of the molecule is COCC1CN(C(C)=O)CC12CCN(C(=O)NCc1ccco1)CC2. The maximum absolute atomic E-state index is 12.4. The topological polar surface area (TPSA) is 75.0 Å². The van der Waals surface area contributed by atoms with Gasteiger partial charge in [-0.25, -0.2) is 4.79 Å². The monoisotopic (exact) mass is 349 g/mol. The van der Waals surface area contributed by atoms with Crippen LogP contribution in [0.4, 0.5) is 4.79 Å². The van der Waals surface area contributed by atoms with Crippen molar-refractivity contribution >= 4 is 11.9 Å². The number of carbonyl (C=O) groups excluding carboxylic acids is 2. The third-order valence-corrected chi connectivity index (χ3v) is 5.67. The molecule has 2 fully saturated rings. The van der Waals surface area contributed by atoms with Crippen molar-refractivity contribution < 1.29 is 18.7 Å². The molecule has 2 aliphatic heterocycles. The second-order valence-corrected chi connectivity index (χ2v) is 7.14. The fraction of sp³-hybridized carbons (Fsp3) is 0.667. The molecule has 0 radical (unpaired) electrons. The van der Waals surface area contributed by atoms with E-state index >= 15 is 0 Å². The Balaban J connectivity index is 1.56. The van der Waals surface area contributed by atoms with Gasteiger partial charge in [-0.3, -0.25) is 4.79 Å². The number of nitrogens with one attached hydrogen (secondary N) is 1. The number of nitrogens with zero attached hydrogens (tertiary/aromatic N) is 2. The molecule has 7 heteroatoms. The van der Waals surface area contributed by atoms with Crippen molar-refractivity contribution in [3.63, 3.8) is 0 Å². The molecule has 1 aromatic rings. The molecule has 3 amide bonds. The first-order valence-electron chi connectivity index (χ1n) is 8.84. The predicted octanol–water partition coefficient (Wildman–Crippen LogP) is 1.70. The summed E-state index contributed by atoms with van der Waals surface area (Å²) in [5.41, 5.74) is 0.0689. The van der Waals surface area contributed by atoms with Gasteiger partial charge in [0.05, 0.1) is 19.4 Å². The first-order valence-corrected chi connectivity index (χ1v) is 8.84. The van der Waals surface area contributed by atoms with Gasteiger partial charge in [-0.05, 0) is 30.4 Å². The van der Waals surface area contributed by atoms with Crippen LogP contribution in [0.1, 0.15) is 25.5 Å². The molecule has 1 unspecified atom stereocenters. The third-order valence-electron chi connectivity index (χ3n) is 5.67. The number of hydrogen-bond acceptors (Lipinski definition) is 4.